The number of imidazole rings is 1. The van der Waals surface area contributed by atoms with E-state index in [0.29, 0.717) is 11.4 Å². The number of nitrogens with zero attached hydrogens (tertiary/aromatic N) is 4. The molecule has 0 radical (unpaired) electrons. The molecule has 2 aromatic heterocycles. The number of amides is 1. The number of thiazole rings is 1. The summed E-state index contributed by atoms with van der Waals surface area (Å²) in [5.41, 5.74) is 3.09. The number of non-ortho nitro benzene ring substituents is 1. The second kappa shape index (κ2) is 7.36. The van der Waals surface area contributed by atoms with Gasteiger partial charge in [-0.05, 0) is 18.2 Å². The Balaban J connectivity index is 1.57. The number of carbonyl (C=O) groups is 1. The predicted molar refractivity (Wildman–Crippen MR) is 114 cm³/mol. The summed E-state index contributed by atoms with van der Waals surface area (Å²) < 4.78 is 1.96. The van der Waals surface area contributed by atoms with Crippen molar-refractivity contribution in [1.82, 2.24) is 9.38 Å². The lowest BCUT2D eigenvalue weighted by molar-refractivity contribution is -0.384. The first-order valence-corrected chi connectivity index (χ1v) is 9.60. The Labute approximate surface area is 170 Å². The molecule has 1 amide bonds. The molecule has 0 saturated heterocycles. The molecular weight excluding hydrogens is 390 g/mol. The molecule has 2 aromatic carbocycles. The Morgan fingerprint density at radius 3 is 2.62 bits per heavy atom. The third kappa shape index (κ3) is 3.67. The van der Waals surface area contributed by atoms with Crippen LogP contribution in [0.5, 0.6) is 0 Å². The van der Waals surface area contributed by atoms with E-state index in [-0.39, 0.29) is 11.3 Å². The highest BCUT2D eigenvalue weighted by Gasteiger charge is 2.18. The average molecular weight is 407 g/mol. The largest absolute Gasteiger partial charge is 0.377 e. The number of fused-ring (bicyclic) bond motifs is 1. The highest BCUT2D eigenvalue weighted by atomic mass is 32.1. The van der Waals surface area contributed by atoms with Crippen molar-refractivity contribution >= 4 is 39.3 Å². The first-order valence-electron chi connectivity index (χ1n) is 8.72. The van der Waals surface area contributed by atoms with Crippen LogP contribution < -0.4 is 10.2 Å². The molecule has 4 rings (SSSR count). The van der Waals surface area contributed by atoms with E-state index in [4.69, 9.17) is 0 Å². The van der Waals surface area contributed by atoms with Crippen LogP contribution in [0.4, 0.5) is 17.1 Å². The van der Waals surface area contributed by atoms with Gasteiger partial charge in [-0.2, -0.15) is 0 Å². The predicted octanol–water partition coefficient (Wildman–Crippen LogP) is 4.29. The lowest BCUT2D eigenvalue weighted by atomic mass is 10.1. The van der Waals surface area contributed by atoms with Crippen LogP contribution in [0.1, 0.15) is 10.4 Å². The Hall–Kier alpha value is -3.72. The number of anilines is 2. The first-order chi connectivity index (χ1) is 13.9. The summed E-state index contributed by atoms with van der Waals surface area (Å²) >= 11 is 1.56. The zero-order valence-electron chi connectivity index (χ0n) is 15.7. The number of hydrogen-bond acceptors (Lipinski definition) is 6. The van der Waals surface area contributed by atoms with Crippen LogP contribution in [0.3, 0.4) is 0 Å². The van der Waals surface area contributed by atoms with Crippen molar-refractivity contribution in [3.05, 3.63) is 75.9 Å². The van der Waals surface area contributed by atoms with Gasteiger partial charge in [0.2, 0.25) is 0 Å². The SMILES string of the molecule is CN(C)c1ccc([N+](=O)[O-])cc1C(=O)Nc1ccc(-c2cn3ccsc3n2)cc1. The molecular formula is C20H17N5O3S. The minimum absolute atomic E-state index is 0.129. The Morgan fingerprint density at radius 2 is 1.97 bits per heavy atom. The standard InChI is InChI=1S/C20H17N5O3S/c1-23(2)18-8-7-15(25(27)28)11-16(18)19(26)21-14-5-3-13(4-6-14)17-12-24-9-10-29-20(24)22-17/h3-12H,1-2H3,(H,21,26). The Bertz CT molecular complexity index is 1180. The monoisotopic (exact) mass is 407 g/mol. The van der Waals surface area contributed by atoms with Crippen LogP contribution >= 0.6 is 11.3 Å². The minimum atomic E-state index is -0.513. The molecule has 1 N–H and O–H groups in total. The average Bonchev–Trinajstić information content (AvgIpc) is 3.30. The van der Waals surface area contributed by atoms with E-state index < -0.39 is 10.8 Å². The molecule has 0 fully saturated rings. The van der Waals surface area contributed by atoms with Crippen LogP contribution in [-0.2, 0) is 0 Å². The highest BCUT2D eigenvalue weighted by molar-refractivity contribution is 7.15. The van der Waals surface area contributed by atoms with Gasteiger partial charge in [0.05, 0.1) is 16.2 Å². The third-order valence-corrected chi connectivity index (χ3v) is 5.22. The fourth-order valence-corrected chi connectivity index (χ4v) is 3.70. The van der Waals surface area contributed by atoms with E-state index in [1.165, 1.54) is 12.1 Å². The molecule has 8 nitrogen and oxygen atoms in total. The van der Waals surface area contributed by atoms with E-state index in [9.17, 15) is 14.9 Å². The van der Waals surface area contributed by atoms with Gasteiger partial charge in [0.25, 0.3) is 11.6 Å². The maximum absolute atomic E-state index is 12.8. The molecule has 0 saturated carbocycles. The van der Waals surface area contributed by atoms with Gasteiger partial charge in [-0.3, -0.25) is 19.3 Å². The van der Waals surface area contributed by atoms with Gasteiger partial charge in [0.1, 0.15) is 0 Å². The molecule has 0 atom stereocenters. The molecule has 9 heteroatoms. The fourth-order valence-electron chi connectivity index (χ4n) is 3.00. The highest BCUT2D eigenvalue weighted by Crippen LogP contribution is 2.26. The lowest BCUT2D eigenvalue weighted by Crippen LogP contribution is -2.18. The second-order valence-corrected chi connectivity index (χ2v) is 7.48. The summed E-state index contributed by atoms with van der Waals surface area (Å²) in [5.74, 6) is -0.410. The van der Waals surface area contributed by atoms with Gasteiger partial charge < -0.3 is 10.2 Å². The number of nitrogens with one attached hydrogen (secondary N) is 1. The maximum Gasteiger partial charge on any atom is 0.270 e. The molecule has 2 heterocycles. The molecule has 0 aliphatic carbocycles. The third-order valence-electron chi connectivity index (χ3n) is 4.45. The smallest absolute Gasteiger partial charge is 0.270 e. The molecule has 0 aliphatic heterocycles. The summed E-state index contributed by atoms with van der Waals surface area (Å²) in [5, 5.41) is 15.9. The van der Waals surface area contributed by atoms with Crippen LogP contribution in [0.25, 0.3) is 16.2 Å². The number of nitro benzene ring substituents is 1. The molecule has 4 aromatic rings. The summed E-state index contributed by atoms with van der Waals surface area (Å²) in [4.78, 5) is 30.6. The zero-order valence-corrected chi connectivity index (χ0v) is 16.5. The number of aromatic nitrogens is 2. The quantitative estimate of drug-likeness (QED) is 0.393. The van der Waals surface area contributed by atoms with Crippen molar-refractivity contribution in [2.45, 2.75) is 0 Å². The van der Waals surface area contributed by atoms with Crippen LogP contribution in [-0.4, -0.2) is 34.3 Å². The number of hydrogen-bond donors (Lipinski definition) is 1. The van der Waals surface area contributed by atoms with E-state index in [0.717, 1.165) is 16.2 Å². The van der Waals surface area contributed by atoms with Crippen molar-refractivity contribution in [2.75, 3.05) is 24.3 Å². The van der Waals surface area contributed by atoms with E-state index >= 15 is 0 Å². The van der Waals surface area contributed by atoms with E-state index in [1.54, 1.807) is 48.5 Å². The molecule has 146 valence electrons. The van der Waals surface area contributed by atoms with E-state index in [2.05, 4.69) is 10.3 Å². The number of nitro groups is 1. The van der Waals surface area contributed by atoms with Gasteiger partial charge in [0, 0.05) is 60.9 Å². The lowest BCUT2D eigenvalue weighted by Gasteiger charge is -2.17. The molecule has 0 aliphatic rings. The van der Waals surface area contributed by atoms with Gasteiger partial charge in [-0.15, -0.1) is 11.3 Å². The summed E-state index contributed by atoms with van der Waals surface area (Å²) in [6.07, 6.45) is 3.90. The molecule has 0 bridgehead atoms. The Morgan fingerprint density at radius 1 is 1.21 bits per heavy atom. The molecule has 29 heavy (non-hydrogen) atoms. The van der Waals surface area contributed by atoms with E-state index in [1.807, 2.05) is 34.3 Å². The van der Waals surface area contributed by atoms with Gasteiger partial charge in [-0.25, -0.2) is 4.98 Å². The van der Waals surface area contributed by atoms with Crippen LogP contribution in [0.15, 0.2) is 60.2 Å². The normalized spacial score (nSPS) is 10.8. The number of carbonyl (C=O) groups excluding carboxylic acids is 1. The fraction of sp³-hybridized carbons (Fsp3) is 0.100. The van der Waals surface area contributed by atoms with Crippen molar-refractivity contribution in [3.63, 3.8) is 0 Å². The first kappa shape index (κ1) is 18.6. The van der Waals surface area contributed by atoms with Crippen molar-refractivity contribution in [2.24, 2.45) is 0 Å². The van der Waals surface area contributed by atoms with Gasteiger partial charge in [-0.1, -0.05) is 12.1 Å². The van der Waals surface area contributed by atoms with Crippen LogP contribution in [0, 0.1) is 10.1 Å². The molecule has 0 spiro atoms. The molecule has 0 unspecified atom stereocenters. The van der Waals surface area contributed by atoms with Crippen molar-refractivity contribution < 1.29 is 9.72 Å². The second-order valence-electron chi connectivity index (χ2n) is 6.60. The van der Waals surface area contributed by atoms with Gasteiger partial charge >= 0.3 is 0 Å². The van der Waals surface area contributed by atoms with Crippen LogP contribution in [0.2, 0.25) is 0 Å². The van der Waals surface area contributed by atoms with Gasteiger partial charge in [0.15, 0.2) is 4.96 Å². The Kier molecular flexibility index (Phi) is 4.73. The maximum atomic E-state index is 12.8. The summed E-state index contributed by atoms with van der Waals surface area (Å²) in [6, 6.07) is 11.6. The number of benzene rings is 2. The summed E-state index contributed by atoms with van der Waals surface area (Å²) in [7, 11) is 3.56. The summed E-state index contributed by atoms with van der Waals surface area (Å²) in [6.45, 7) is 0. The zero-order chi connectivity index (χ0) is 20.5. The van der Waals surface area contributed by atoms with Crippen molar-refractivity contribution in [1.29, 1.82) is 0 Å². The van der Waals surface area contributed by atoms with Crippen molar-refractivity contribution in [3.8, 4) is 11.3 Å². The minimum Gasteiger partial charge on any atom is -0.377 e. The number of rotatable bonds is 5. The topological polar surface area (TPSA) is 92.8 Å².